The number of hydrogen-bond acceptors (Lipinski definition) is 4. The standard InChI is InChI=1S/C11H12N4/c1-8(2)11-12-5-10(6-13-11)9-3-4-14-15-7-9/h3-8H,1-2H3. The Morgan fingerprint density at radius 1 is 0.933 bits per heavy atom. The van der Waals surface area contributed by atoms with Crippen LogP contribution < -0.4 is 0 Å². The minimum Gasteiger partial charge on any atom is -0.240 e. The summed E-state index contributed by atoms with van der Waals surface area (Å²) in [4.78, 5) is 8.59. The fourth-order valence-electron chi connectivity index (χ4n) is 1.25. The van der Waals surface area contributed by atoms with Crippen LogP contribution >= 0.6 is 0 Å². The molecule has 0 bridgehead atoms. The van der Waals surface area contributed by atoms with Crippen LogP contribution in [-0.4, -0.2) is 20.2 Å². The molecule has 2 rings (SSSR count). The molecule has 0 saturated carbocycles. The average Bonchev–Trinajstić information content (AvgIpc) is 2.30. The smallest absolute Gasteiger partial charge is 0.130 e. The van der Waals surface area contributed by atoms with E-state index < -0.39 is 0 Å². The summed E-state index contributed by atoms with van der Waals surface area (Å²) in [5.41, 5.74) is 1.95. The molecule has 2 aromatic rings. The second kappa shape index (κ2) is 4.13. The van der Waals surface area contributed by atoms with Gasteiger partial charge in [-0.15, -0.1) is 0 Å². The molecule has 0 radical (unpaired) electrons. The van der Waals surface area contributed by atoms with Crippen molar-refractivity contribution in [1.29, 1.82) is 0 Å². The molecule has 4 nitrogen and oxygen atoms in total. The topological polar surface area (TPSA) is 51.6 Å². The van der Waals surface area contributed by atoms with Crippen molar-refractivity contribution in [2.75, 3.05) is 0 Å². The number of hydrogen-bond donors (Lipinski definition) is 0. The van der Waals surface area contributed by atoms with E-state index in [1.54, 1.807) is 12.4 Å². The quantitative estimate of drug-likeness (QED) is 0.744. The molecule has 76 valence electrons. The van der Waals surface area contributed by atoms with Gasteiger partial charge < -0.3 is 0 Å². The van der Waals surface area contributed by atoms with E-state index in [0.29, 0.717) is 5.92 Å². The molecule has 2 aromatic heterocycles. The van der Waals surface area contributed by atoms with Gasteiger partial charge in [0.1, 0.15) is 5.82 Å². The fraction of sp³-hybridized carbons (Fsp3) is 0.273. The fourth-order valence-corrected chi connectivity index (χ4v) is 1.25. The van der Waals surface area contributed by atoms with E-state index >= 15 is 0 Å². The van der Waals surface area contributed by atoms with E-state index in [1.807, 2.05) is 18.5 Å². The highest BCUT2D eigenvalue weighted by molar-refractivity contribution is 5.59. The van der Waals surface area contributed by atoms with Gasteiger partial charge in [0.15, 0.2) is 0 Å². The SMILES string of the molecule is CC(C)c1ncc(-c2ccnnc2)cn1. The number of nitrogens with zero attached hydrogens (tertiary/aromatic N) is 4. The molecule has 0 aliphatic carbocycles. The third-order valence-corrected chi connectivity index (χ3v) is 2.11. The van der Waals surface area contributed by atoms with Crippen LogP contribution in [0, 0.1) is 0 Å². The van der Waals surface area contributed by atoms with Crippen LogP contribution in [-0.2, 0) is 0 Å². The Bertz CT molecular complexity index is 422. The molecule has 0 spiro atoms. The lowest BCUT2D eigenvalue weighted by atomic mass is 10.1. The van der Waals surface area contributed by atoms with Crippen LogP contribution in [0.5, 0.6) is 0 Å². The molecule has 0 fully saturated rings. The molecule has 0 atom stereocenters. The highest BCUT2D eigenvalue weighted by atomic mass is 15.1. The molecular formula is C11H12N4. The molecule has 0 aliphatic heterocycles. The Kier molecular flexibility index (Phi) is 2.67. The van der Waals surface area contributed by atoms with Gasteiger partial charge in [-0.1, -0.05) is 13.8 Å². The maximum atomic E-state index is 4.30. The van der Waals surface area contributed by atoms with Gasteiger partial charge in [-0.25, -0.2) is 9.97 Å². The first kappa shape index (κ1) is 9.71. The van der Waals surface area contributed by atoms with Crippen LogP contribution in [0.1, 0.15) is 25.6 Å². The molecule has 15 heavy (non-hydrogen) atoms. The summed E-state index contributed by atoms with van der Waals surface area (Å²) in [6, 6.07) is 1.89. The van der Waals surface area contributed by atoms with Crippen LogP contribution in [0.15, 0.2) is 30.9 Å². The van der Waals surface area contributed by atoms with Crippen molar-refractivity contribution in [3.05, 3.63) is 36.7 Å². The summed E-state index contributed by atoms with van der Waals surface area (Å²) in [5, 5.41) is 7.54. The summed E-state index contributed by atoms with van der Waals surface area (Å²) in [7, 11) is 0. The average molecular weight is 200 g/mol. The van der Waals surface area contributed by atoms with Gasteiger partial charge in [-0.05, 0) is 6.07 Å². The summed E-state index contributed by atoms with van der Waals surface area (Å²) in [6.45, 7) is 4.14. The highest BCUT2D eigenvalue weighted by Gasteiger charge is 2.03. The first-order valence-corrected chi connectivity index (χ1v) is 4.86. The number of aromatic nitrogens is 4. The van der Waals surface area contributed by atoms with E-state index in [4.69, 9.17) is 0 Å². The van der Waals surface area contributed by atoms with E-state index in [9.17, 15) is 0 Å². The normalized spacial score (nSPS) is 10.6. The monoisotopic (exact) mass is 200 g/mol. The van der Waals surface area contributed by atoms with Gasteiger partial charge in [0, 0.05) is 29.4 Å². The second-order valence-electron chi connectivity index (χ2n) is 3.62. The molecule has 0 aliphatic rings. The summed E-state index contributed by atoms with van der Waals surface area (Å²) in [5.74, 6) is 1.22. The van der Waals surface area contributed by atoms with Crippen molar-refractivity contribution in [3.63, 3.8) is 0 Å². The van der Waals surface area contributed by atoms with E-state index in [2.05, 4.69) is 34.0 Å². The van der Waals surface area contributed by atoms with Gasteiger partial charge in [0.05, 0.1) is 12.4 Å². The van der Waals surface area contributed by atoms with Gasteiger partial charge in [0.25, 0.3) is 0 Å². The molecule has 0 saturated heterocycles. The second-order valence-corrected chi connectivity index (χ2v) is 3.62. The van der Waals surface area contributed by atoms with Crippen molar-refractivity contribution in [2.24, 2.45) is 0 Å². The van der Waals surface area contributed by atoms with Gasteiger partial charge >= 0.3 is 0 Å². The lowest BCUT2D eigenvalue weighted by molar-refractivity contribution is 0.774. The Hall–Kier alpha value is -1.84. The lowest BCUT2D eigenvalue weighted by Crippen LogP contribution is -1.96. The summed E-state index contributed by atoms with van der Waals surface area (Å²) >= 11 is 0. The third-order valence-electron chi connectivity index (χ3n) is 2.11. The van der Waals surface area contributed by atoms with Gasteiger partial charge in [-0.2, -0.15) is 10.2 Å². The zero-order valence-electron chi connectivity index (χ0n) is 8.75. The summed E-state index contributed by atoms with van der Waals surface area (Å²) < 4.78 is 0. The van der Waals surface area contributed by atoms with Crippen molar-refractivity contribution in [1.82, 2.24) is 20.2 Å². The van der Waals surface area contributed by atoms with Crippen LogP contribution in [0.4, 0.5) is 0 Å². The minimum absolute atomic E-state index is 0.356. The van der Waals surface area contributed by atoms with E-state index in [0.717, 1.165) is 17.0 Å². The van der Waals surface area contributed by atoms with Crippen molar-refractivity contribution < 1.29 is 0 Å². The predicted molar refractivity (Wildman–Crippen MR) is 57.1 cm³/mol. The van der Waals surface area contributed by atoms with Crippen molar-refractivity contribution >= 4 is 0 Å². The van der Waals surface area contributed by atoms with Crippen molar-refractivity contribution in [3.8, 4) is 11.1 Å². The first-order chi connectivity index (χ1) is 7.27. The minimum atomic E-state index is 0.356. The predicted octanol–water partition coefficient (Wildman–Crippen LogP) is 2.06. The van der Waals surface area contributed by atoms with Crippen molar-refractivity contribution in [2.45, 2.75) is 19.8 Å². The first-order valence-electron chi connectivity index (χ1n) is 4.86. The molecule has 0 N–H and O–H groups in total. The zero-order valence-corrected chi connectivity index (χ0v) is 8.75. The molecule has 0 aromatic carbocycles. The third kappa shape index (κ3) is 2.15. The Morgan fingerprint density at radius 2 is 1.67 bits per heavy atom. The molecular weight excluding hydrogens is 188 g/mol. The van der Waals surface area contributed by atoms with Gasteiger partial charge in [-0.3, -0.25) is 0 Å². The summed E-state index contributed by atoms with van der Waals surface area (Å²) in [6.07, 6.45) is 7.00. The molecule has 0 amide bonds. The Morgan fingerprint density at radius 3 is 2.20 bits per heavy atom. The Labute approximate surface area is 88.4 Å². The maximum absolute atomic E-state index is 4.30. The maximum Gasteiger partial charge on any atom is 0.130 e. The molecule has 2 heterocycles. The van der Waals surface area contributed by atoms with E-state index in [1.165, 1.54) is 0 Å². The highest BCUT2D eigenvalue weighted by Crippen LogP contribution is 2.16. The molecule has 0 unspecified atom stereocenters. The molecule has 4 heteroatoms. The zero-order chi connectivity index (χ0) is 10.7. The van der Waals surface area contributed by atoms with Crippen LogP contribution in [0.3, 0.4) is 0 Å². The Balaban J connectivity index is 2.32. The largest absolute Gasteiger partial charge is 0.240 e. The van der Waals surface area contributed by atoms with E-state index in [-0.39, 0.29) is 0 Å². The number of rotatable bonds is 2. The van der Waals surface area contributed by atoms with Crippen LogP contribution in [0.25, 0.3) is 11.1 Å². The van der Waals surface area contributed by atoms with Crippen LogP contribution in [0.2, 0.25) is 0 Å². The van der Waals surface area contributed by atoms with Gasteiger partial charge in [0.2, 0.25) is 0 Å². The lowest BCUT2D eigenvalue weighted by Gasteiger charge is -2.04.